The predicted octanol–water partition coefficient (Wildman–Crippen LogP) is 2.58. The Morgan fingerprint density at radius 2 is 2.00 bits per heavy atom. The van der Waals surface area contributed by atoms with E-state index in [0.717, 1.165) is 19.7 Å². The van der Waals surface area contributed by atoms with Crippen molar-refractivity contribution >= 4 is 0 Å². The summed E-state index contributed by atoms with van der Waals surface area (Å²) < 4.78 is 5.63. The SMILES string of the molecule is CCCC(C)OCCCCNCC. The first-order chi connectivity index (χ1) is 6.31. The summed E-state index contributed by atoms with van der Waals surface area (Å²) in [5.41, 5.74) is 0. The molecule has 0 aliphatic carbocycles. The minimum absolute atomic E-state index is 0.448. The maximum atomic E-state index is 5.63. The van der Waals surface area contributed by atoms with Gasteiger partial charge in [0, 0.05) is 6.61 Å². The van der Waals surface area contributed by atoms with Crippen LogP contribution in [0.5, 0.6) is 0 Å². The Balaban J connectivity index is 2.97. The first kappa shape index (κ1) is 12.9. The molecule has 80 valence electrons. The second-order valence-corrected chi connectivity index (χ2v) is 3.53. The summed E-state index contributed by atoms with van der Waals surface area (Å²) >= 11 is 0. The van der Waals surface area contributed by atoms with E-state index in [1.54, 1.807) is 0 Å². The average molecular weight is 187 g/mol. The third-order valence-electron chi connectivity index (χ3n) is 2.10. The highest BCUT2D eigenvalue weighted by atomic mass is 16.5. The molecule has 2 heteroatoms. The van der Waals surface area contributed by atoms with Crippen LogP contribution >= 0.6 is 0 Å². The van der Waals surface area contributed by atoms with Crippen molar-refractivity contribution in [2.24, 2.45) is 0 Å². The summed E-state index contributed by atoms with van der Waals surface area (Å²) in [5, 5.41) is 3.31. The number of hydrogen-bond acceptors (Lipinski definition) is 2. The Morgan fingerprint density at radius 3 is 2.62 bits per heavy atom. The van der Waals surface area contributed by atoms with E-state index in [1.807, 2.05) is 0 Å². The lowest BCUT2D eigenvalue weighted by molar-refractivity contribution is 0.0574. The Hall–Kier alpha value is -0.0800. The number of unbranched alkanes of at least 4 members (excludes halogenated alkanes) is 1. The fraction of sp³-hybridized carbons (Fsp3) is 1.00. The van der Waals surface area contributed by atoms with Crippen LogP contribution in [0, 0.1) is 0 Å². The zero-order valence-electron chi connectivity index (χ0n) is 9.44. The predicted molar refractivity (Wildman–Crippen MR) is 58.1 cm³/mol. The van der Waals surface area contributed by atoms with E-state index in [2.05, 4.69) is 26.1 Å². The van der Waals surface area contributed by atoms with Crippen LogP contribution in [0.25, 0.3) is 0 Å². The molecule has 0 radical (unpaired) electrons. The van der Waals surface area contributed by atoms with Gasteiger partial charge in [0.2, 0.25) is 0 Å². The Kier molecular flexibility index (Phi) is 9.94. The maximum absolute atomic E-state index is 5.63. The van der Waals surface area contributed by atoms with Gasteiger partial charge in [0.25, 0.3) is 0 Å². The molecule has 2 nitrogen and oxygen atoms in total. The van der Waals surface area contributed by atoms with Crippen molar-refractivity contribution in [3.8, 4) is 0 Å². The molecular weight excluding hydrogens is 162 g/mol. The van der Waals surface area contributed by atoms with E-state index in [1.165, 1.54) is 25.7 Å². The van der Waals surface area contributed by atoms with Gasteiger partial charge in [-0.2, -0.15) is 0 Å². The molecule has 1 unspecified atom stereocenters. The van der Waals surface area contributed by atoms with E-state index in [-0.39, 0.29) is 0 Å². The highest BCUT2D eigenvalue weighted by Gasteiger charge is 1.98. The van der Waals surface area contributed by atoms with Crippen molar-refractivity contribution < 1.29 is 4.74 Å². The molecule has 0 saturated carbocycles. The summed E-state index contributed by atoms with van der Waals surface area (Å²) in [6.07, 6.45) is 5.27. The second-order valence-electron chi connectivity index (χ2n) is 3.53. The van der Waals surface area contributed by atoms with Crippen LogP contribution < -0.4 is 5.32 Å². The van der Waals surface area contributed by atoms with Gasteiger partial charge in [-0.15, -0.1) is 0 Å². The summed E-state index contributed by atoms with van der Waals surface area (Å²) in [7, 11) is 0. The van der Waals surface area contributed by atoms with Crippen LogP contribution in [0.4, 0.5) is 0 Å². The fourth-order valence-electron chi connectivity index (χ4n) is 1.30. The van der Waals surface area contributed by atoms with E-state index in [0.29, 0.717) is 6.10 Å². The van der Waals surface area contributed by atoms with Crippen LogP contribution in [0.2, 0.25) is 0 Å². The zero-order chi connectivity index (χ0) is 9.94. The number of rotatable bonds is 9. The smallest absolute Gasteiger partial charge is 0.0546 e. The molecule has 1 atom stereocenters. The molecule has 0 heterocycles. The van der Waals surface area contributed by atoms with Crippen molar-refractivity contribution in [2.75, 3.05) is 19.7 Å². The molecule has 0 aromatic rings. The third-order valence-corrected chi connectivity index (χ3v) is 2.10. The average Bonchev–Trinajstić information content (AvgIpc) is 2.11. The van der Waals surface area contributed by atoms with Gasteiger partial charge >= 0.3 is 0 Å². The molecule has 0 fully saturated rings. The minimum atomic E-state index is 0.448. The first-order valence-electron chi connectivity index (χ1n) is 5.63. The van der Waals surface area contributed by atoms with Gasteiger partial charge in [-0.25, -0.2) is 0 Å². The highest BCUT2D eigenvalue weighted by Crippen LogP contribution is 2.01. The summed E-state index contributed by atoms with van der Waals surface area (Å²) in [6.45, 7) is 9.63. The van der Waals surface area contributed by atoms with Crippen LogP contribution in [0.15, 0.2) is 0 Å². The molecule has 0 saturated heterocycles. The quantitative estimate of drug-likeness (QED) is 0.560. The van der Waals surface area contributed by atoms with E-state index >= 15 is 0 Å². The lowest BCUT2D eigenvalue weighted by Crippen LogP contribution is -2.15. The topological polar surface area (TPSA) is 21.3 Å². The molecule has 0 spiro atoms. The van der Waals surface area contributed by atoms with Gasteiger partial charge in [-0.05, 0) is 39.3 Å². The lowest BCUT2D eigenvalue weighted by atomic mass is 10.2. The third kappa shape index (κ3) is 9.84. The van der Waals surface area contributed by atoms with Gasteiger partial charge in [-0.3, -0.25) is 0 Å². The van der Waals surface area contributed by atoms with Crippen LogP contribution in [0.1, 0.15) is 46.5 Å². The van der Waals surface area contributed by atoms with E-state index in [4.69, 9.17) is 4.74 Å². The Labute approximate surface area is 83.1 Å². The molecule has 0 aromatic heterocycles. The second kappa shape index (κ2) is 10.0. The molecule has 0 aromatic carbocycles. The van der Waals surface area contributed by atoms with Crippen molar-refractivity contribution in [1.29, 1.82) is 0 Å². The summed E-state index contributed by atoms with van der Waals surface area (Å²) in [6, 6.07) is 0. The molecule has 0 aliphatic rings. The molecule has 0 amide bonds. The molecule has 0 bridgehead atoms. The first-order valence-corrected chi connectivity index (χ1v) is 5.63. The molecular formula is C11H25NO. The number of hydrogen-bond donors (Lipinski definition) is 1. The van der Waals surface area contributed by atoms with E-state index in [9.17, 15) is 0 Å². The minimum Gasteiger partial charge on any atom is -0.379 e. The Bertz CT molecular complexity index is 96.1. The highest BCUT2D eigenvalue weighted by molar-refractivity contribution is 4.49. The van der Waals surface area contributed by atoms with Crippen LogP contribution in [-0.4, -0.2) is 25.8 Å². The molecule has 0 rings (SSSR count). The number of nitrogens with one attached hydrogen (secondary N) is 1. The maximum Gasteiger partial charge on any atom is 0.0546 e. The standard InChI is InChI=1S/C11H25NO/c1-4-8-11(3)13-10-7-6-9-12-5-2/h11-12H,4-10H2,1-3H3. The largest absolute Gasteiger partial charge is 0.379 e. The lowest BCUT2D eigenvalue weighted by Gasteiger charge is -2.11. The zero-order valence-corrected chi connectivity index (χ0v) is 9.44. The molecule has 1 N–H and O–H groups in total. The van der Waals surface area contributed by atoms with Gasteiger partial charge in [0.15, 0.2) is 0 Å². The van der Waals surface area contributed by atoms with Gasteiger partial charge < -0.3 is 10.1 Å². The van der Waals surface area contributed by atoms with E-state index < -0.39 is 0 Å². The fourth-order valence-corrected chi connectivity index (χ4v) is 1.30. The monoisotopic (exact) mass is 187 g/mol. The number of ether oxygens (including phenoxy) is 1. The van der Waals surface area contributed by atoms with Crippen LogP contribution in [0.3, 0.4) is 0 Å². The molecule has 13 heavy (non-hydrogen) atoms. The van der Waals surface area contributed by atoms with Gasteiger partial charge in [0.1, 0.15) is 0 Å². The van der Waals surface area contributed by atoms with Gasteiger partial charge in [0.05, 0.1) is 6.10 Å². The van der Waals surface area contributed by atoms with Crippen molar-refractivity contribution in [3.05, 3.63) is 0 Å². The Morgan fingerprint density at radius 1 is 1.23 bits per heavy atom. The van der Waals surface area contributed by atoms with Crippen molar-refractivity contribution in [1.82, 2.24) is 5.32 Å². The molecule has 0 aliphatic heterocycles. The summed E-state index contributed by atoms with van der Waals surface area (Å²) in [4.78, 5) is 0. The van der Waals surface area contributed by atoms with Crippen LogP contribution in [-0.2, 0) is 4.74 Å². The normalized spacial score (nSPS) is 13.2. The van der Waals surface area contributed by atoms with Crippen molar-refractivity contribution in [2.45, 2.75) is 52.6 Å². The summed E-state index contributed by atoms with van der Waals surface area (Å²) in [5.74, 6) is 0. The van der Waals surface area contributed by atoms with Crippen molar-refractivity contribution in [3.63, 3.8) is 0 Å². The van der Waals surface area contributed by atoms with Gasteiger partial charge in [-0.1, -0.05) is 20.3 Å².